The van der Waals surface area contributed by atoms with E-state index in [0.717, 1.165) is 12.0 Å². The van der Waals surface area contributed by atoms with Gasteiger partial charge in [-0.2, -0.15) is 0 Å². The number of benzene rings is 1. The van der Waals surface area contributed by atoms with Crippen LogP contribution < -0.4 is 10.6 Å². The number of ether oxygens (including phenoxy) is 1. The topological polar surface area (TPSA) is 108 Å². The number of hydrogen-bond donors (Lipinski definition) is 2. The number of nitrogens with zero attached hydrogens (tertiary/aromatic N) is 2. The fourth-order valence-electron chi connectivity index (χ4n) is 4.84. The Kier molecular flexibility index (Phi) is 9.73. The van der Waals surface area contributed by atoms with Crippen molar-refractivity contribution in [3.05, 3.63) is 35.6 Å². The van der Waals surface area contributed by atoms with Crippen molar-refractivity contribution in [2.75, 3.05) is 19.6 Å². The largest absolute Gasteiger partial charge is 0.444 e. The van der Waals surface area contributed by atoms with E-state index in [1.54, 1.807) is 37.8 Å². The molecule has 4 amide bonds. The predicted molar refractivity (Wildman–Crippen MR) is 140 cm³/mol. The van der Waals surface area contributed by atoms with Gasteiger partial charge in [0.25, 0.3) is 0 Å². The van der Waals surface area contributed by atoms with Crippen LogP contribution >= 0.6 is 0 Å². The first-order valence-corrected chi connectivity index (χ1v) is 13.5. The molecule has 2 atom stereocenters. The van der Waals surface area contributed by atoms with Crippen molar-refractivity contribution in [2.45, 2.75) is 84.5 Å². The van der Waals surface area contributed by atoms with Crippen LogP contribution in [0, 0.1) is 17.7 Å². The molecule has 9 nitrogen and oxygen atoms in total. The number of amides is 4. The van der Waals surface area contributed by atoms with E-state index < -0.39 is 23.8 Å². The lowest BCUT2D eigenvalue weighted by atomic mass is 9.94. The van der Waals surface area contributed by atoms with Gasteiger partial charge in [0.15, 0.2) is 0 Å². The Balaban J connectivity index is 1.50. The van der Waals surface area contributed by atoms with Gasteiger partial charge >= 0.3 is 6.09 Å². The van der Waals surface area contributed by atoms with E-state index in [9.17, 15) is 23.6 Å². The first-order chi connectivity index (χ1) is 17.9. The summed E-state index contributed by atoms with van der Waals surface area (Å²) in [4.78, 5) is 54.9. The van der Waals surface area contributed by atoms with Crippen molar-refractivity contribution in [2.24, 2.45) is 11.8 Å². The summed E-state index contributed by atoms with van der Waals surface area (Å²) >= 11 is 0. The van der Waals surface area contributed by atoms with Crippen LogP contribution in [0.1, 0.15) is 65.9 Å². The molecule has 2 aliphatic rings. The molecular weight excluding hydrogens is 491 g/mol. The molecule has 2 N–H and O–H groups in total. The third kappa shape index (κ3) is 7.91. The van der Waals surface area contributed by atoms with Crippen LogP contribution in [0.25, 0.3) is 0 Å². The molecule has 3 rings (SSSR count). The Morgan fingerprint density at radius 1 is 1.03 bits per heavy atom. The first kappa shape index (κ1) is 29.4. The molecule has 210 valence electrons. The Morgan fingerprint density at radius 3 is 2.24 bits per heavy atom. The minimum atomic E-state index is -0.705. The molecule has 2 fully saturated rings. The van der Waals surface area contributed by atoms with Crippen molar-refractivity contribution in [1.29, 1.82) is 0 Å². The second-order valence-electron chi connectivity index (χ2n) is 11.5. The van der Waals surface area contributed by atoms with Crippen LogP contribution in [0.4, 0.5) is 9.18 Å². The number of rotatable bonds is 7. The third-order valence-corrected chi connectivity index (χ3v) is 6.97. The van der Waals surface area contributed by atoms with Crippen molar-refractivity contribution >= 4 is 23.8 Å². The molecule has 0 spiro atoms. The van der Waals surface area contributed by atoms with E-state index in [-0.39, 0.29) is 41.9 Å². The zero-order valence-corrected chi connectivity index (χ0v) is 23.1. The maximum atomic E-state index is 13.2. The maximum absolute atomic E-state index is 13.2. The molecule has 2 aliphatic heterocycles. The highest BCUT2D eigenvalue weighted by Crippen LogP contribution is 2.25. The lowest BCUT2D eigenvalue weighted by Gasteiger charge is -2.36. The SMILES string of the molecule is CC(C)[C@H](NC(=O)C1CCN(C(=O)[C@@H]2CCCN2C(=O)OC(C)(C)C)CC1)C(=O)NCc1ccc(F)cc1. The quantitative estimate of drug-likeness (QED) is 0.561. The Bertz CT molecular complexity index is 999. The molecule has 38 heavy (non-hydrogen) atoms. The first-order valence-electron chi connectivity index (χ1n) is 13.5. The summed E-state index contributed by atoms with van der Waals surface area (Å²) in [6, 6.07) is 4.64. The van der Waals surface area contributed by atoms with Crippen LogP contribution in [0.5, 0.6) is 0 Å². The monoisotopic (exact) mass is 532 g/mol. The summed E-state index contributed by atoms with van der Waals surface area (Å²) in [7, 11) is 0. The summed E-state index contributed by atoms with van der Waals surface area (Å²) in [6.45, 7) is 10.7. The number of nitrogens with one attached hydrogen (secondary N) is 2. The van der Waals surface area contributed by atoms with Crippen molar-refractivity contribution in [3.63, 3.8) is 0 Å². The molecule has 1 aromatic rings. The summed E-state index contributed by atoms with van der Waals surface area (Å²) in [6.07, 6.45) is 1.84. The highest BCUT2D eigenvalue weighted by atomic mass is 19.1. The molecule has 0 bridgehead atoms. The minimum absolute atomic E-state index is 0.104. The predicted octanol–water partition coefficient (Wildman–Crippen LogP) is 3.22. The summed E-state index contributed by atoms with van der Waals surface area (Å²) < 4.78 is 18.6. The molecule has 1 aromatic carbocycles. The average Bonchev–Trinajstić information content (AvgIpc) is 3.35. The standard InChI is InChI=1S/C28H41FN4O5/c1-18(2)23(25(35)30-17-19-8-10-21(29)11-9-19)31-24(34)20-12-15-32(16-13-20)26(36)22-7-6-14-33(22)27(37)38-28(3,4)5/h8-11,18,20,22-23H,6-7,12-17H2,1-5H3,(H,30,35)(H,31,34)/t22-,23-/m0/s1. The van der Waals surface area contributed by atoms with Crippen molar-refractivity contribution in [3.8, 4) is 0 Å². The van der Waals surface area contributed by atoms with Gasteiger partial charge in [0.2, 0.25) is 17.7 Å². The fraction of sp³-hybridized carbons (Fsp3) is 0.643. The fourth-order valence-corrected chi connectivity index (χ4v) is 4.84. The number of carbonyl (C=O) groups is 4. The van der Waals surface area contributed by atoms with Crippen molar-refractivity contribution < 1.29 is 28.3 Å². The van der Waals surface area contributed by atoms with E-state index in [2.05, 4.69) is 10.6 Å². The van der Waals surface area contributed by atoms with Crippen molar-refractivity contribution in [1.82, 2.24) is 20.4 Å². The van der Waals surface area contributed by atoms with E-state index in [0.29, 0.717) is 38.9 Å². The molecule has 0 aliphatic carbocycles. The molecule has 0 unspecified atom stereocenters. The van der Waals surface area contributed by atoms with Crippen LogP contribution in [0.3, 0.4) is 0 Å². The lowest BCUT2D eigenvalue weighted by Crippen LogP contribution is -2.54. The van der Waals surface area contributed by atoms with E-state index in [4.69, 9.17) is 4.74 Å². The second-order valence-corrected chi connectivity index (χ2v) is 11.5. The van der Waals surface area contributed by atoms with Gasteiger partial charge in [0.05, 0.1) is 0 Å². The molecule has 0 aromatic heterocycles. The Hall–Kier alpha value is -3.17. The Labute approximate surface area is 224 Å². The molecule has 2 heterocycles. The molecule has 2 saturated heterocycles. The third-order valence-electron chi connectivity index (χ3n) is 6.97. The van der Waals surface area contributed by atoms with E-state index in [1.807, 2.05) is 13.8 Å². The smallest absolute Gasteiger partial charge is 0.410 e. The van der Waals surface area contributed by atoms with Crippen LogP contribution in [-0.2, 0) is 25.7 Å². The van der Waals surface area contributed by atoms with Gasteiger partial charge < -0.3 is 20.3 Å². The molecule has 0 radical (unpaired) electrons. The van der Waals surface area contributed by atoms with Gasteiger partial charge in [-0.05, 0) is 70.1 Å². The highest BCUT2D eigenvalue weighted by molar-refractivity contribution is 5.89. The average molecular weight is 533 g/mol. The maximum Gasteiger partial charge on any atom is 0.410 e. The van der Waals surface area contributed by atoms with Crippen LogP contribution in [0.15, 0.2) is 24.3 Å². The lowest BCUT2D eigenvalue weighted by molar-refractivity contribution is -0.140. The van der Waals surface area contributed by atoms with Gasteiger partial charge in [-0.1, -0.05) is 26.0 Å². The molecule has 0 saturated carbocycles. The van der Waals surface area contributed by atoms with Gasteiger partial charge in [0.1, 0.15) is 23.5 Å². The van der Waals surface area contributed by atoms with E-state index >= 15 is 0 Å². The molecule has 10 heteroatoms. The highest BCUT2D eigenvalue weighted by Gasteiger charge is 2.40. The number of carbonyl (C=O) groups excluding carboxylic acids is 4. The number of halogens is 1. The number of piperidine rings is 1. The number of hydrogen-bond acceptors (Lipinski definition) is 5. The van der Waals surface area contributed by atoms with E-state index in [1.165, 1.54) is 17.0 Å². The van der Waals surface area contributed by atoms with Gasteiger partial charge in [-0.15, -0.1) is 0 Å². The Morgan fingerprint density at radius 2 is 1.66 bits per heavy atom. The molecular formula is C28H41FN4O5. The summed E-state index contributed by atoms with van der Waals surface area (Å²) in [5, 5.41) is 5.71. The zero-order chi connectivity index (χ0) is 28.0. The van der Waals surface area contributed by atoms with Gasteiger partial charge in [-0.3, -0.25) is 19.3 Å². The normalized spacial score (nSPS) is 19.3. The van der Waals surface area contributed by atoms with Crippen LogP contribution in [0.2, 0.25) is 0 Å². The van der Waals surface area contributed by atoms with Gasteiger partial charge in [0, 0.05) is 32.1 Å². The summed E-state index contributed by atoms with van der Waals surface area (Å²) in [5.74, 6) is -1.39. The summed E-state index contributed by atoms with van der Waals surface area (Å²) in [5.41, 5.74) is 0.128. The van der Waals surface area contributed by atoms with Gasteiger partial charge in [-0.25, -0.2) is 9.18 Å². The zero-order valence-electron chi connectivity index (χ0n) is 23.1. The van der Waals surface area contributed by atoms with Crippen LogP contribution in [-0.4, -0.2) is 70.9 Å². The second kappa shape index (κ2) is 12.6. The number of likely N-dealkylation sites (tertiary alicyclic amines) is 2. The minimum Gasteiger partial charge on any atom is -0.444 e.